The zero-order valence-corrected chi connectivity index (χ0v) is 32.2. The van der Waals surface area contributed by atoms with Gasteiger partial charge in [-0.25, -0.2) is 19.9 Å². The van der Waals surface area contributed by atoms with Gasteiger partial charge < -0.3 is 8.98 Å². The second kappa shape index (κ2) is 13.7. The van der Waals surface area contributed by atoms with Crippen molar-refractivity contribution >= 4 is 54.6 Å². The summed E-state index contributed by atoms with van der Waals surface area (Å²) in [7, 11) is 0. The van der Waals surface area contributed by atoms with E-state index in [0.717, 1.165) is 71.9 Å². The van der Waals surface area contributed by atoms with E-state index in [1.165, 1.54) is 21.8 Å². The monoisotopic (exact) mass is 767 g/mol. The van der Waals surface area contributed by atoms with Crippen LogP contribution in [-0.2, 0) is 0 Å². The minimum atomic E-state index is 0.589. The quantitative estimate of drug-likeness (QED) is 0.168. The Balaban J connectivity index is 0.963. The molecule has 0 atom stereocenters. The maximum atomic E-state index is 6.29. The van der Waals surface area contributed by atoms with Crippen molar-refractivity contribution in [3.8, 4) is 62.2 Å². The van der Waals surface area contributed by atoms with E-state index < -0.39 is 0 Å². The van der Waals surface area contributed by atoms with Crippen LogP contribution in [-0.4, -0.2) is 24.5 Å². The highest BCUT2D eigenvalue weighted by Gasteiger charge is 2.18. The molecule has 0 aliphatic rings. The van der Waals surface area contributed by atoms with E-state index in [0.29, 0.717) is 23.2 Å². The van der Waals surface area contributed by atoms with Crippen molar-refractivity contribution in [2.24, 2.45) is 0 Å². The third kappa shape index (κ3) is 5.57. The highest BCUT2D eigenvalue weighted by molar-refractivity contribution is 6.20. The average Bonchev–Trinajstić information content (AvgIpc) is 3.88. The predicted octanol–water partition coefficient (Wildman–Crippen LogP) is 13.8. The van der Waals surface area contributed by atoms with Crippen LogP contribution >= 0.6 is 0 Å². The summed E-state index contributed by atoms with van der Waals surface area (Å²) in [6.45, 7) is 0. The van der Waals surface area contributed by atoms with E-state index >= 15 is 0 Å². The molecule has 4 heterocycles. The number of rotatable bonds is 6. The van der Waals surface area contributed by atoms with E-state index in [-0.39, 0.29) is 0 Å². The van der Waals surface area contributed by atoms with Gasteiger partial charge in [0.2, 0.25) is 5.71 Å². The number of pyridine rings is 1. The standard InChI is InChI=1S/C54H33N5O/c1-2-12-34(13-3-1)35-22-26-37(27-23-35)51-56-52(58-53(57-51)39-30-32-40(33-31-39)59-46-19-9-6-14-41(46)42-15-7-10-20-47(42)59)38-28-24-36(25-29-38)50-44-17-5-4-16-43(44)49-45-18-8-11-21-48(45)60-54(49)55-50/h1-33H. The highest BCUT2D eigenvalue weighted by Crippen LogP contribution is 2.39. The first-order chi connectivity index (χ1) is 29.7. The molecule has 0 radical (unpaired) electrons. The minimum Gasteiger partial charge on any atom is -0.438 e. The molecule has 0 aliphatic heterocycles. The zero-order chi connectivity index (χ0) is 39.6. The lowest BCUT2D eigenvalue weighted by atomic mass is 10.00. The molecule has 0 saturated carbocycles. The van der Waals surface area contributed by atoms with Crippen LogP contribution in [0.25, 0.3) is 117 Å². The lowest BCUT2D eigenvalue weighted by molar-refractivity contribution is 0.655. The van der Waals surface area contributed by atoms with Crippen molar-refractivity contribution in [2.75, 3.05) is 0 Å². The molecule has 60 heavy (non-hydrogen) atoms. The van der Waals surface area contributed by atoms with Crippen molar-refractivity contribution in [3.05, 3.63) is 200 Å². The fourth-order valence-electron chi connectivity index (χ4n) is 8.60. The maximum absolute atomic E-state index is 6.29. The third-order valence-electron chi connectivity index (χ3n) is 11.5. The molecule has 0 fully saturated rings. The molecule has 0 amide bonds. The molecular formula is C54H33N5O. The number of furan rings is 1. The number of aromatic nitrogens is 5. The van der Waals surface area contributed by atoms with Gasteiger partial charge in [0, 0.05) is 49.5 Å². The van der Waals surface area contributed by atoms with Gasteiger partial charge in [0.1, 0.15) is 5.58 Å². The van der Waals surface area contributed by atoms with Crippen molar-refractivity contribution in [2.45, 2.75) is 0 Å². The minimum absolute atomic E-state index is 0.589. The van der Waals surface area contributed by atoms with Gasteiger partial charge in [0.15, 0.2) is 17.5 Å². The Labute approximate surface area is 344 Å². The number of nitrogens with zero attached hydrogens (tertiary/aromatic N) is 5. The van der Waals surface area contributed by atoms with E-state index in [1.807, 2.05) is 24.3 Å². The summed E-state index contributed by atoms with van der Waals surface area (Å²) in [5.74, 6) is 1.79. The van der Waals surface area contributed by atoms with Gasteiger partial charge in [-0.2, -0.15) is 0 Å². The Kier molecular flexibility index (Phi) is 7.74. The van der Waals surface area contributed by atoms with Crippen LogP contribution in [0.4, 0.5) is 0 Å². The molecule has 4 aromatic heterocycles. The summed E-state index contributed by atoms with van der Waals surface area (Å²) < 4.78 is 8.60. The van der Waals surface area contributed by atoms with Crippen molar-refractivity contribution in [1.82, 2.24) is 24.5 Å². The Hall–Kier alpha value is -8.22. The SMILES string of the molecule is c1ccc(-c2ccc(-c3nc(-c4ccc(-c5nc6oc7ccccc7c6c6ccccc56)cc4)nc(-c4ccc(-n5c6ccccc6c6ccccc65)cc4)n3)cc2)cc1. The van der Waals surface area contributed by atoms with Crippen molar-refractivity contribution in [1.29, 1.82) is 0 Å². The Morgan fingerprint density at radius 1 is 0.317 bits per heavy atom. The van der Waals surface area contributed by atoms with Crippen LogP contribution in [0.1, 0.15) is 0 Å². The molecule has 6 heteroatoms. The molecule has 0 unspecified atom stereocenters. The second-order valence-corrected chi connectivity index (χ2v) is 15.0. The largest absolute Gasteiger partial charge is 0.438 e. The number of para-hydroxylation sites is 3. The fraction of sp³-hybridized carbons (Fsp3) is 0. The van der Waals surface area contributed by atoms with Crippen molar-refractivity contribution in [3.63, 3.8) is 0 Å². The summed E-state index contributed by atoms with van der Waals surface area (Å²) in [5.41, 5.74) is 11.7. The summed E-state index contributed by atoms with van der Waals surface area (Å²) in [4.78, 5) is 20.4. The summed E-state index contributed by atoms with van der Waals surface area (Å²) in [6.07, 6.45) is 0. The second-order valence-electron chi connectivity index (χ2n) is 15.0. The van der Waals surface area contributed by atoms with Gasteiger partial charge in [-0.1, -0.05) is 158 Å². The molecule has 0 spiro atoms. The molecule has 0 bridgehead atoms. The highest BCUT2D eigenvalue weighted by atomic mass is 16.3. The van der Waals surface area contributed by atoms with E-state index in [9.17, 15) is 0 Å². The molecule has 280 valence electrons. The first-order valence-corrected chi connectivity index (χ1v) is 20.1. The maximum Gasteiger partial charge on any atom is 0.228 e. The normalized spacial score (nSPS) is 11.7. The van der Waals surface area contributed by atoms with E-state index in [4.69, 9.17) is 24.4 Å². The molecule has 0 N–H and O–H groups in total. The van der Waals surface area contributed by atoms with Crippen molar-refractivity contribution < 1.29 is 4.42 Å². The van der Waals surface area contributed by atoms with Gasteiger partial charge in [-0.05, 0) is 59.0 Å². The van der Waals surface area contributed by atoms with Gasteiger partial charge in [0.25, 0.3) is 0 Å². The summed E-state index contributed by atoms with van der Waals surface area (Å²) in [5, 5.41) is 6.74. The van der Waals surface area contributed by atoms with E-state index in [2.05, 4.69) is 180 Å². The van der Waals surface area contributed by atoms with Crippen LogP contribution < -0.4 is 0 Å². The average molecular weight is 768 g/mol. The smallest absolute Gasteiger partial charge is 0.228 e. The Bertz CT molecular complexity index is 3520. The first kappa shape index (κ1) is 33.9. The van der Waals surface area contributed by atoms with E-state index in [1.54, 1.807) is 0 Å². The first-order valence-electron chi connectivity index (χ1n) is 20.1. The third-order valence-corrected chi connectivity index (χ3v) is 11.5. The van der Waals surface area contributed by atoms with Crippen LogP contribution in [0.3, 0.4) is 0 Å². The Morgan fingerprint density at radius 2 is 0.750 bits per heavy atom. The Morgan fingerprint density at radius 3 is 1.35 bits per heavy atom. The number of benzene rings is 8. The summed E-state index contributed by atoms with van der Waals surface area (Å²) in [6, 6.07) is 69.3. The lowest BCUT2D eigenvalue weighted by Crippen LogP contribution is -2.01. The van der Waals surface area contributed by atoms with Gasteiger partial charge in [-0.15, -0.1) is 0 Å². The lowest BCUT2D eigenvalue weighted by Gasteiger charge is -2.11. The van der Waals surface area contributed by atoms with Crippen LogP contribution in [0.15, 0.2) is 205 Å². The molecule has 8 aromatic carbocycles. The topological polar surface area (TPSA) is 69.6 Å². The zero-order valence-electron chi connectivity index (χ0n) is 32.2. The van der Waals surface area contributed by atoms with Gasteiger partial charge >= 0.3 is 0 Å². The predicted molar refractivity (Wildman–Crippen MR) is 244 cm³/mol. The summed E-state index contributed by atoms with van der Waals surface area (Å²) >= 11 is 0. The van der Waals surface area contributed by atoms with Crippen LogP contribution in [0.2, 0.25) is 0 Å². The van der Waals surface area contributed by atoms with Crippen LogP contribution in [0, 0.1) is 0 Å². The molecule has 0 aliphatic carbocycles. The fourth-order valence-corrected chi connectivity index (χ4v) is 8.60. The van der Waals surface area contributed by atoms with Gasteiger partial charge in [-0.3, -0.25) is 0 Å². The molecule has 6 nitrogen and oxygen atoms in total. The molecule has 0 saturated heterocycles. The number of hydrogen-bond donors (Lipinski definition) is 0. The molecular weight excluding hydrogens is 735 g/mol. The molecule has 12 aromatic rings. The number of fused-ring (bicyclic) bond motifs is 8. The van der Waals surface area contributed by atoms with Crippen LogP contribution in [0.5, 0.6) is 0 Å². The van der Waals surface area contributed by atoms with Gasteiger partial charge in [0.05, 0.1) is 22.1 Å². The molecule has 12 rings (SSSR count). The number of hydrogen-bond acceptors (Lipinski definition) is 5.